The third-order valence-corrected chi connectivity index (χ3v) is 9.15. The summed E-state index contributed by atoms with van der Waals surface area (Å²) in [5.74, 6) is 0.0148. The number of aromatic amines is 1. The standard InChI is InChI=1S/C37H50N5O5/c38-37-40-31(25-45)22-34(42-37)32(23-36(46)47)33(41-35-14-7-19-39-35)18-17-28(30-16-15-27-12-5-6-13-29(27)21-30)11-4-2-1-3-9-26(24-44)10-8-20-43/h5-7,12-16,19,21,23-24,26,28,31,33-34,39,43,45H,1-4,8-11,17-18,20,22,25H2,(H,46,47)(H3,38,40,42)/q-1. The van der Waals surface area contributed by atoms with Gasteiger partial charge in [-0.3, -0.25) is 0 Å². The molecule has 1 aliphatic heterocycles. The van der Waals surface area contributed by atoms with E-state index in [-0.39, 0.29) is 37.1 Å². The van der Waals surface area contributed by atoms with Gasteiger partial charge < -0.3 is 41.5 Å². The Kier molecular flexibility index (Phi) is 14.3. The van der Waals surface area contributed by atoms with Crippen LogP contribution in [0.4, 0.5) is 5.82 Å². The molecule has 2 heterocycles. The minimum Gasteiger partial charge on any atom is -0.478 e. The molecule has 0 fully saturated rings. The molecule has 0 radical (unpaired) electrons. The SMILES string of the molecule is NC1=NC(C(=CC(=O)O)C(CCC(CCCCCCC(C=O)CCCO)c2ccc3ccccc3c2)[N-]c2ccc[nH]2)CC(CO)N1. The van der Waals surface area contributed by atoms with Crippen molar-refractivity contribution in [2.45, 2.75) is 94.7 Å². The predicted molar refractivity (Wildman–Crippen MR) is 187 cm³/mol. The van der Waals surface area contributed by atoms with E-state index in [0.717, 1.165) is 57.7 Å². The van der Waals surface area contributed by atoms with Crippen molar-refractivity contribution < 1.29 is 24.9 Å². The number of carbonyl (C=O) groups excluding carboxylic acids is 1. The van der Waals surface area contributed by atoms with Gasteiger partial charge in [0.2, 0.25) is 0 Å². The van der Waals surface area contributed by atoms with Crippen molar-refractivity contribution >= 4 is 34.8 Å². The summed E-state index contributed by atoms with van der Waals surface area (Å²) in [4.78, 5) is 31.2. The van der Waals surface area contributed by atoms with Crippen molar-refractivity contribution in [1.82, 2.24) is 10.3 Å². The molecule has 0 spiro atoms. The van der Waals surface area contributed by atoms with Gasteiger partial charge in [-0.25, -0.2) is 9.79 Å². The van der Waals surface area contributed by atoms with Crippen molar-refractivity contribution in [2.75, 3.05) is 13.2 Å². The largest absolute Gasteiger partial charge is 0.478 e. The zero-order chi connectivity index (χ0) is 33.4. The molecule has 3 aromatic rings. The molecule has 10 heteroatoms. The highest BCUT2D eigenvalue weighted by Gasteiger charge is 2.29. The molecule has 4 rings (SSSR count). The van der Waals surface area contributed by atoms with Crippen molar-refractivity contribution in [3.8, 4) is 0 Å². The fraction of sp³-hybridized carbons (Fsp3) is 0.486. The normalized spacial score (nSPS) is 18.6. The third-order valence-electron chi connectivity index (χ3n) is 9.15. The van der Waals surface area contributed by atoms with Crippen molar-refractivity contribution in [2.24, 2.45) is 16.6 Å². The van der Waals surface area contributed by atoms with Crippen molar-refractivity contribution in [3.05, 3.63) is 83.3 Å². The van der Waals surface area contributed by atoms with Gasteiger partial charge in [0, 0.05) is 18.6 Å². The lowest BCUT2D eigenvalue weighted by atomic mass is 9.84. The maximum absolute atomic E-state index is 12.1. The summed E-state index contributed by atoms with van der Waals surface area (Å²) in [6.07, 6.45) is 13.2. The molecular weight excluding hydrogens is 594 g/mol. The van der Waals surface area contributed by atoms with Gasteiger partial charge in [0.15, 0.2) is 5.96 Å². The Morgan fingerprint density at radius 1 is 0.957 bits per heavy atom. The number of guanidine groups is 1. The van der Waals surface area contributed by atoms with Gasteiger partial charge in [0.05, 0.1) is 18.7 Å². The van der Waals surface area contributed by atoms with Gasteiger partial charge in [0.1, 0.15) is 6.29 Å². The quantitative estimate of drug-likeness (QED) is 0.0462. The number of hydrogen-bond acceptors (Lipinski definition) is 7. The third kappa shape index (κ3) is 11.3. The Hall–Kier alpha value is -4.15. The lowest BCUT2D eigenvalue weighted by Crippen LogP contribution is -2.49. The number of H-pyrrole nitrogens is 1. The molecule has 2 aromatic carbocycles. The van der Waals surface area contributed by atoms with Gasteiger partial charge in [-0.2, -0.15) is 0 Å². The second-order valence-corrected chi connectivity index (χ2v) is 12.6. The van der Waals surface area contributed by atoms with E-state index in [0.29, 0.717) is 30.7 Å². The van der Waals surface area contributed by atoms with E-state index in [1.54, 1.807) is 6.20 Å². The number of aliphatic carboxylic acids is 1. The molecule has 0 aliphatic carbocycles. The highest BCUT2D eigenvalue weighted by molar-refractivity contribution is 5.84. The second kappa shape index (κ2) is 18.9. The summed E-state index contributed by atoms with van der Waals surface area (Å²) in [6, 6.07) is 17.4. The number of aldehydes is 1. The summed E-state index contributed by atoms with van der Waals surface area (Å²) in [5.41, 5.74) is 7.88. The first kappa shape index (κ1) is 35.7. The average Bonchev–Trinajstić information content (AvgIpc) is 3.60. The Bertz CT molecular complexity index is 1460. The van der Waals surface area contributed by atoms with E-state index in [4.69, 9.17) is 16.2 Å². The Morgan fingerprint density at radius 2 is 1.72 bits per heavy atom. The number of aliphatic imine (C=N–C) groups is 1. The Morgan fingerprint density at radius 3 is 2.43 bits per heavy atom. The number of hydrogen-bond donors (Lipinski definition) is 6. The van der Waals surface area contributed by atoms with E-state index in [9.17, 15) is 19.8 Å². The molecule has 254 valence electrons. The van der Waals surface area contributed by atoms with Crippen LogP contribution in [-0.2, 0) is 9.59 Å². The molecule has 7 N–H and O–H groups in total. The molecule has 0 saturated heterocycles. The Labute approximate surface area is 277 Å². The monoisotopic (exact) mass is 644 g/mol. The van der Waals surface area contributed by atoms with Crippen molar-refractivity contribution in [1.29, 1.82) is 0 Å². The smallest absolute Gasteiger partial charge is 0.328 e. The maximum atomic E-state index is 12.1. The van der Waals surface area contributed by atoms with E-state index in [1.807, 2.05) is 24.3 Å². The average molecular weight is 645 g/mol. The zero-order valence-corrected chi connectivity index (χ0v) is 27.1. The number of benzene rings is 2. The first-order valence-corrected chi connectivity index (χ1v) is 16.9. The number of fused-ring (bicyclic) bond motifs is 1. The molecule has 5 unspecified atom stereocenters. The van der Waals surface area contributed by atoms with Crippen LogP contribution in [0.5, 0.6) is 0 Å². The number of unbranched alkanes of at least 4 members (excludes halogenated alkanes) is 3. The first-order chi connectivity index (χ1) is 22.9. The number of rotatable bonds is 21. The molecule has 0 bridgehead atoms. The predicted octanol–water partition coefficient (Wildman–Crippen LogP) is 6.08. The Balaban J connectivity index is 1.52. The molecule has 1 aromatic heterocycles. The van der Waals surface area contributed by atoms with E-state index in [1.165, 1.54) is 22.4 Å². The van der Waals surface area contributed by atoms with E-state index >= 15 is 0 Å². The van der Waals surface area contributed by atoms with Crippen molar-refractivity contribution in [3.63, 3.8) is 0 Å². The van der Waals surface area contributed by atoms with Crippen LogP contribution in [0.1, 0.15) is 82.1 Å². The number of nitrogens with two attached hydrogens (primary N) is 1. The molecular formula is C37H50N5O5-. The van der Waals surface area contributed by atoms with Gasteiger partial charge in [-0.1, -0.05) is 92.3 Å². The molecule has 0 amide bonds. The van der Waals surface area contributed by atoms with Gasteiger partial charge in [-0.05, 0) is 78.8 Å². The number of nitrogens with zero attached hydrogens (tertiary/aromatic N) is 2. The van der Waals surface area contributed by atoms with Crippen LogP contribution in [0.2, 0.25) is 0 Å². The number of aromatic nitrogens is 1. The van der Waals surface area contributed by atoms with Crippen LogP contribution in [0.3, 0.4) is 0 Å². The highest BCUT2D eigenvalue weighted by atomic mass is 16.4. The van der Waals surface area contributed by atoms with Gasteiger partial charge >= 0.3 is 5.97 Å². The number of carbonyl (C=O) groups is 2. The number of aliphatic hydroxyl groups excluding tert-OH is 2. The molecule has 10 nitrogen and oxygen atoms in total. The fourth-order valence-corrected chi connectivity index (χ4v) is 6.64. The highest BCUT2D eigenvalue weighted by Crippen LogP contribution is 2.36. The van der Waals surface area contributed by atoms with Crippen LogP contribution in [0.25, 0.3) is 16.1 Å². The lowest BCUT2D eigenvalue weighted by Gasteiger charge is -2.35. The molecule has 1 aliphatic rings. The summed E-state index contributed by atoms with van der Waals surface area (Å²) < 4.78 is 0. The zero-order valence-electron chi connectivity index (χ0n) is 27.1. The summed E-state index contributed by atoms with van der Waals surface area (Å²) in [5, 5.41) is 39.2. The topological polar surface area (TPSA) is 175 Å². The van der Waals surface area contributed by atoms with Crippen LogP contribution in [0.15, 0.2) is 77.4 Å². The summed E-state index contributed by atoms with van der Waals surface area (Å²) in [6.45, 7) is -0.0243. The van der Waals surface area contributed by atoms with Crippen LogP contribution in [0, 0.1) is 5.92 Å². The van der Waals surface area contributed by atoms with E-state index < -0.39 is 18.1 Å². The van der Waals surface area contributed by atoms with Crippen LogP contribution < -0.4 is 11.1 Å². The molecule has 5 atom stereocenters. The second-order valence-electron chi connectivity index (χ2n) is 12.6. The number of aliphatic hydroxyl groups is 2. The number of carboxylic acids is 1. The minimum absolute atomic E-state index is 0.0215. The maximum Gasteiger partial charge on any atom is 0.328 e. The van der Waals surface area contributed by atoms with Crippen LogP contribution in [-0.4, -0.2) is 69.9 Å². The van der Waals surface area contributed by atoms with Crippen LogP contribution >= 0.6 is 0 Å². The van der Waals surface area contributed by atoms with Gasteiger partial charge in [0.25, 0.3) is 0 Å². The lowest BCUT2D eigenvalue weighted by molar-refractivity contribution is -0.131. The fourth-order valence-electron chi connectivity index (χ4n) is 6.64. The summed E-state index contributed by atoms with van der Waals surface area (Å²) >= 11 is 0. The molecule has 47 heavy (non-hydrogen) atoms. The molecule has 0 saturated carbocycles. The minimum atomic E-state index is -1.07. The number of carboxylic acid groups (broad SMARTS) is 1. The first-order valence-electron chi connectivity index (χ1n) is 16.9. The van der Waals surface area contributed by atoms with Gasteiger partial charge in [-0.15, -0.1) is 0 Å². The number of nitrogens with one attached hydrogen (secondary N) is 2. The van der Waals surface area contributed by atoms with E-state index in [2.05, 4.69) is 45.6 Å². The summed E-state index contributed by atoms with van der Waals surface area (Å²) in [7, 11) is 0.